The summed E-state index contributed by atoms with van der Waals surface area (Å²) in [5.41, 5.74) is 6.66. The average Bonchev–Trinajstić information content (AvgIpc) is 2.42. The van der Waals surface area contributed by atoms with Gasteiger partial charge in [0.1, 0.15) is 5.92 Å². The maximum atomic E-state index is 11.7. The van der Waals surface area contributed by atoms with Gasteiger partial charge in [-0.25, -0.2) is 0 Å². The standard InChI is InChI=1S/C12H12N2O2/c1-8-7-10(15)11(12(13)16)9-5-3-2-4-6-14(8)9/h2-7,11H,1H3,(H2,13,16). The molecule has 4 heteroatoms. The lowest BCUT2D eigenvalue weighted by Gasteiger charge is -2.31. The Morgan fingerprint density at radius 2 is 2.12 bits per heavy atom. The lowest BCUT2D eigenvalue weighted by atomic mass is 9.93. The van der Waals surface area contributed by atoms with E-state index in [1.54, 1.807) is 17.1 Å². The number of nitrogens with zero attached hydrogens (tertiary/aromatic N) is 1. The Bertz CT molecular complexity index is 469. The Balaban J connectivity index is 2.54. The molecule has 1 unspecified atom stereocenters. The molecule has 1 atom stereocenters. The van der Waals surface area contributed by atoms with Crippen LogP contribution in [-0.2, 0) is 9.59 Å². The summed E-state index contributed by atoms with van der Waals surface area (Å²) in [6.45, 7) is 1.82. The summed E-state index contributed by atoms with van der Waals surface area (Å²) >= 11 is 0. The number of allylic oxidation sites excluding steroid dienone is 6. The highest BCUT2D eigenvalue weighted by atomic mass is 16.2. The Kier molecular flexibility index (Phi) is 2.48. The molecule has 0 spiro atoms. The topological polar surface area (TPSA) is 63.4 Å². The summed E-state index contributed by atoms with van der Waals surface area (Å²) in [6, 6.07) is 0. The molecule has 2 rings (SSSR count). The number of hydrogen-bond acceptors (Lipinski definition) is 3. The van der Waals surface area contributed by atoms with Gasteiger partial charge >= 0.3 is 0 Å². The van der Waals surface area contributed by atoms with Crippen molar-refractivity contribution in [1.29, 1.82) is 0 Å². The number of fused-ring (bicyclic) bond motifs is 1. The molecule has 0 aromatic carbocycles. The van der Waals surface area contributed by atoms with Crippen LogP contribution in [0.5, 0.6) is 0 Å². The minimum atomic E-state index is -0.879. The summed E-state index contributed by atoms with van der Waals surface area (Å²) in [6.07, 6.45) is 10.5. The van der Waals surface area contributed by atoms with E-state index in [1.807, 2.05) is 25.3 Å². The Hall–Kier alpha value is -2.10. The van der Waals surface area contributed by atoms with Crippen LogP contribution >= 0.6 is 0 Å². The molecule has 4 nitrogen and oxygen atoms in total. The highest BCUT2D eigenvalue weighted by molar-refractivity contribution is 6.09. The van der Waals surface area contributed by atoms with Crippen molar-refractivity contribution in [3.05, 3.63) is 48.0 Å². The first-order valence-corrected chi connectivity index (χ1v) is 4.97. The van der Waals surface area contributed by atoms with Crippen molar-refractivity contribution >= 4 is 11.7 Å². The third-order valence-electron chi connectivity index (χ3n) is 2.60. The quantitative estimate of drug-likeness (QED) is 0.661. The molecule has 0 aromatic heterocycles. The molecule has 1 amide bonds. The van der Waals surface area contributed by atoms with Gasteiger partial charge in [-0.1, -0.05) is 12.2 Å². The lowest BCUT2D eigenvalue weighted by molar-refractivity contribution is -0.129. The highest BCUT2D eigenvalue weighted by Crippen LogP contribution is 2.28. The predicted octanol–water partition coefficient (Wildman–Crippen LogP) is 0.844. The van der Waals surface area contributed by atoms with Crippen molar-refractivity contribution in [2.24, 2.45) is 11.7 Å². The molecule has 2 N–H and O–H groups in total. The average molecular weight is 216 g/mol. The molecule has 0 fully saturated rings. The molecular weight excluding hydrogens is 204 g/mol. The number of carbonyl (C=O) groups is 2. The largest absolute Gasteiger partial charge is 0.369 e. The van der Waals surface area contributed by atoms with Crippen LogP contribution in [0.1, 0.15) is 6.92 Å². The van der Waals surface area contributed by atoms with Gasteiger partial charge in [-0.15, -0.1) is 0 Å². The first-order chi connectivity index (χ1) is 7.61. The number of hydrogen-bond donors (Lipinski definition) is 1. The normalized spacial score (nSPS) is 23.4. The molecule has 0 saturated heterocycles. The zero-order chi connectivity index (χ0) is 11.7. The van der Waals surface area contributed by atoms with Crippen molar-refractivity contribution in [1.82, 2.24) is 4.90 Å². The van der Waals surface area contributed by atoms with Crippen molar-refractivity contribution in [3.8, 4) is 0 Å². The molecule has 0 aromatic rings. The van der Waals surface area contributed by atoms with Crippen LogP contribution in [0.25, 0.3) is 0 Å². The second-order valence-electron chi connectivity index (χ2n) is 3.71. The molecule has 82 valence electrons. The number of ketones is 1. The zero-order valence-corrected chi connectivity index (χ0v) is 8.88. The van der Waals surface area contributed by atoms with Gasteiger partial charge in [0, 0.05) is 23.7 Å². The minimum Gasteiger partial charge on any atom is -0.369 e. The van der Waals surface area contributed by atoms with E-state index in [-0.39, 0.29) is 5.78 Å². The van der Waals surface area contributed by atoms with E-state index in [9.17, 15) is 9.59 Å². The van der Waals surface area contributed by atoms with Crippen LogP contribution in [0.4, 0.5) is 0 Å². The second kappa shape index (κ2) is 3.81. The monoisotopic (exact) mass is 216 g/mol. The maximum absolute atomic E-state index is 11.7. The van der Waals surface area contributed by atoms with E-state index in [2.05, 4.69) is 0 Å². The summed E-state index contributed by atoms with van der Waals surface area (Å²) in [5, 5.41) is 0. The van der Waals surface area contributed by atoms with Gasteiger partial charge in [-0.05, 0) is 19.1 Å². The van der Waals surface area contributed by atoms with E-state index in [4.69, 9.17) is 5.73 Å². The Morgan fingerprint density at radius 1 is 1.38 bits per heavy atom. The molecule has 2 heterocycles. The number of carbonyl (C=O) groups excluding carboxylic acids is 2. The summed E-state index contributed by atoms with van der Waals surface area (Å²) in [7, 11) is 0. The van der Waals surface area contributed by atoms with E-state index >= 15 is 0 Å². The molecule has 0 bridgehead atoms. The number of amides is 1. The first-order valence-electron chi connectivity index (χ1n) is 4.97. The molecule has 0 radical (unpaired) electrons. The third-order valence-corrected chi connectivity index (χ3v) is 2.60. The van der Waals surface area contributed by atoms with E-state index in [0.717, 1.165) is 5.70 Å². The van der Waals surface area contributed by atoms with Crippen LogP contribution < -0.4 is 5.73 Å². The van der Waals surface area contributed by atoms with Crippen molar-refractivity contribution in [3.63, 3.8) is 0 Å². The zero-order valence-electron chi connectivity index (χ0n) is 8.88. The first kappa shape index (κ1) is 10.4. The molecule has 16 heavy (non-hydrogen) atoms. The van der Waals surface area contributed by atoms with Gasteiger partial charge in [-0.2, -0.15) is 0 Å². The predicted molar refractivity (Wildman–Crippen MR) is 59.7 cm³/mol. The molecule has 0 aliphatic carbocycles. The van der Waals surface area contributed by atoms with Gasteiger partial charge in [0.2, 0.25) is 5.91 Å². The van der Waals surface area contributed by atoms with Gasteiger partial charge in [0.15, 0.2) is 5.78 Å². The minimum absolute atomic E-state index is 0.254. The molecule has 2 aliphatic heterocycles. The Morgan fingerprint density at radius 3 is 2.81 bits per heavy atom. The number of rotatable bonds is 1. The second-order valence-corrected chi connectivity index (χ2v) is 3.71. The smallest absolute Gasteiger partial charge is 0.234 e. The van der Waals surface area contributed by atoms with Crippen LogP contribution in [0, 0.1) is 5.92 Å². The Labute approximate surface area is 93.4 Å². The fourth-order valence-corrected chi connectivity index (χ4v) is 1.87. The summed E-state index contributed by atoms with van der Waals surface area (Å²) < 4.78 is 0. The van der Waals surface area contributed by atoms with Crippen LogP contribution in [-0.4, -0.2) is 16.6 Å². The lowest BCUT2D eigenvalue weighted by Crippen LogP contribution is -2.39. The molecule has 2 aliphatic rings. The van der Waals surface area contributed by atoms with Crippen LogP contribution in [0.3, 0.4) is 0 Å². The van der Waals surface area contributed by atoms with Gasteiger partial charge < -0.3 is 10.6 Å². The van der Waals surface area contributed by atoms with Crippen molar-refractivity contribution in [2.75, 3.05) is 0 Å². The SMILES string of the molecule is CC1=CC(=O)C(C(N)=O)C2=CC=CC=CN12. The number of nitrogens with two attached hydrogens (primary N) is 1. The fraction of sp³-hybridized carbons (Fsp3) is 0.167. The van der Waals surface area contributed by atoms with Crippen molar-refractivity contribution in [2.45, 2.75) is 6.92 Å². The van der Waals surface area contributed by atoms with E-state index in [0.29, 0.717) is 5.70 Å². The molecule has 0 saturated carbocycles. The maximum Gasteiger partial charge on any atom is 0.234 e. The molecular formula is C12H12N2O2. The van der Waals surface area contributed by atoms with Gasteiger partial charge in [-0.3, -0.25) is 9.59 Å². The highest BCUT2D eigenvalue weighted by Gasteiger charge is 2.34. The third kappa shape index (κ3) is 1.58. The van der Waals surface area contributed by atoms with Crippen molar-refractivity contribution < 1.29 is 9.59 Å². The summed E-state index contributed by atoms with van der Waals surface area (Å²) in [4.78, 5) is 24.8. The van der Waals surface area contributed by atoms with E-state index in [1.165, 1.54) is 6.08 Å². The van der Waals surface area contributed by atoms with Crippen LogP contribution in [0.2, 0.25) is 0 Å². The van der Waals surface area contributed by atoms with Gasteiger partial charge in [0.25, 0.3) is 0 Å². The number of primary amides is 1. The van der Waals surface area contributed by atoms with Gasteiger partial charge in [0.05, 0.1) is 0 Å². The van der Waals surface area contributed by atoms with Crippen LogP contribution in [0.15, 0.2) is 48.0 Å². The summed E-state index contributed by atoms with van der Waals surface area (Å²) in [5.74, 6) is -1.75. The fourth-order valence-electron chi connectivity index (χ4n) is 1.87. The van der Waals surface area contributed by atoms with E-state index < -0.39 is 11.8 Å².